The van der Waals surface area contributed by atoms with E-state index >= 15 is 0 Å². The van der Waals surface area contributed by atoms with Crippen LogP contribution in [0.1, 0.15) is 13.3 Å². The van der Waals surface area contributed by atoms with Gasteiger partial charge in [-0.05, 0) is 24.6 Å². The lowest BCUT2D eigenvalue weighted by Crippen LogP contribution is -2.18. The number of anilines is 1. The molecule has 1 aromatic rings. The van der Waals surface area contributed by atoms with Crippen LogP contribution in [0.2, 0.25) is 10.0 Å². The lowest BCUT2D eigenvalue weighted by atomic mass is 10.2. The number of halogens is 2. The van der Waals surface area contributed by atoms with Crippen molar-refractivity contribution in [2.75, 3.05) is 11.9 Å². The van der Waals surface area contributed by atoms with Crippen LogP contribution in [0, 0.1) is 0 Å². The van der Waals surface area contributed by atoms with Crippen LogP contribution in [0.3, 0.4) is 0 Å². The summed E-state index contributed by atoms with van der Waals surface area (Å²) in [6.45, 7) is 2.41. The lowest BCUT2D eigenvalue weighted by Gasteiger charge is -2.12. The fraction of sp³-hybridized carbons (Fsp3) is 0.400. The Morgan fingerprint density at radius 2 is 2.14 bits per heavy atom. The summed E-state index contributed by atoms with van der Waals surface area (Å²) in [6.07, 6.45) is 0.357. The molecule has 14 heavy (non-hydrogen) atoms. The Balaban J connectivity index is 2.62. The fourth-order valence-electron chi connectivity index (χ4n) is 1.01. The number of rotatable bonds is 4. The first kappa shape index (κ1) is 11.6. The molecule has 4 heteroatoms. The second-order valence-electron chi connectivity index (χ2n) is 3.07. The number of benzene rings is 1. The second kappa shape index (κ2) is 5.44. The summed E-state index contributed by atoms with van der Waals surface area (Å²) >= 11 is 11.7. The Morgan fingerprint density at radius 1 is 1.43 bits per heavy atom. The van der Waals surface area contributed by atoms with Crippen LogP contribution < -0.4 is 5.32 Å². The van der Waals surface area contributed by atoms with Crippen molar-refractivity contribution in [1.82, 2.24) is 0 Å². The average molecular weight is 234 g/mol. The van der Waals surface area contributed by atoms with Gasteiger partial charge in [0, 0.05) is 11.6 Å². The van der Waals surface area contributed by atoms with Gasteiger partial charge in [-0.15, -0.1) is 0 Å². The van der Waals surface area contributed by atoms with E-state index < -0.39 is 0 Å². The first-order valence-electron chi connectivity index (χ1n) is 4.50. The molecule has 1 aromatic carbocycles. The molecule has 0 aliphatic carbocycles. The molecule has 0 heterocycles. The summed E-state index contributed by atoms with van der Waals surface area (Å²) in [5, 5.41) is 13.6. The van der Waals surface area contributed by atoms with Crippen molar-refractivity contribution in [3.05, 3.63) is 28.2 Å². The Hall–Kier alpha value is -0.440. The highest BCUT2D eigenvalue weighted by Crippen LogP contribution is 2.25. The van der Waals surface area contributed by atoms with Crippen molar-refractivity contribution in [1.29, 1.82) is 0 Å². The van der Waals surface area contributed by atoms with E-state index in [2.05, 4.69) is 5.32 Å². The van der Waals surface area contributed by atoms with Gasteiger partial charge >= 0.3 is 0 Å². The van der Waals surface area contributed by atoms with E-state index in [9.17, 15) is 5.11 Å². The monoisotopic (exact) mass is 233 g/mol. The van der Waals surface area contributed by atoms with Crippen LogP contribution in [-0.4, -0.2) is 17.8 Å². The topological polar surface area (TPSA) is 32.3 Å². The van der Waals surface area contributed by atoms with Gasteiger partial charge < -0.3 is 10.4 Å². The van der Waals surface area contributed by atoms with Crippen molar-refractivity contribution in [3.8, 4) is 0 Å². The molecule has 1 unspecified atom stereocenters. The Bertz CT molecular complexity index is 304. The molecule has 0 aliphatic rings. The zero-order valence-electron chi connectivity index (χ0n) is 7.93. The highest BCUT2D eigenvalue weighted by atomic mass is 35.5. The van der Waals surface area contributed by atoms with Crippen LogP contribution in [0.5, 0.6) is 0 Å². The molecule has 0 saturated heterocycles. The molecule has 0 fully saturated rings. The van der Waals surface area contributed by atoms with Gasteiger partial charge in [-0.2, -0.15) is 0 Å². The van der Waals surface area contributed by atoms with E-state index in [-0.39, 0.29) is 6.10 Å². The third-order valence-corrected chi connectivity index (χ3v) is 2.49. The van der Waals surface area contributed by atoms with Gasteiger partial charge in [0.15, 0.2) is 0 Å². The summed E-state index contributed by atoms with van der Waals surface area (Å²) in [7, 11) is 0. The van der Waals surface area contributed by atoms with Crippen LogP contribution in [-0.2, 0) is 0 Å². The summed E-state index contributed by atoms with van der Waals surface area (Å²) < 4.78 is 0. The van der Waals surface area contributed by atoms with E-state index in [1.807, 2.05) is 6.92 Å². The maximum atomic E-state index is 9.34. The molecular formula is C10H13Cl2NO. The van der Waals surface area contributed by atoms with Crippen molar-refractivity contribution in [3.63, 3.8) is 0 Å². The molecule has 78 valence electrons. The van der Waals surface area contributed by atoms with Crippen molar-refractivity contribution in [2.24, 2.45) is 0 Å². The third kappa shape index (κ3) is 3.37. The quantitative estimate of drug-likeness (QED) is 0.838. The standard InChI is InChI=1S/C10H13Cl2NO/c1-2-8(14)6-13-10-5-7(11)3-4-9(10)12/h3-5,8,13-14H,2,6H2,1H3. The molecule has 1 rings (SSSR count). The zero-order valence-corrected chi connectivity index (χ0v) is 9.44. The molecule has 0 bridgehead atoms. The van der Waals surface area contributed by atoms with E-state index in [1.165, 1.54) is 0 Å². The number of hydrogen-bond donors (Lipinski definition) is 2. The molecule has 2 nitrogen and oxygen atoms in total. The van der Waals surface area contributed by atoms with Gasteiger partial charge in [0.2, 0.25) is 0 Å². The molecule has 0 spiro atoms. The maximum absolute atomic E-state index is 9.34. The molecule has 0 amide bonds. The first-order valence-corrected chi connectivity index (χ1v) is 5.26. The summed E-state index contributed by atoms with van der Waals surface area (Å²) in [5.74, 6) is 0. The van der Waals surface area contributed by atoms with Gasteiger partial charge in [0.25, 0.3) is 0 Å². The number of hydrogen-bond acceptors (Lipinski definition) is 2. The Labute approximate surface area is 93.8 Å². The molecule has 1 atom stereocenters. The lowest BCUT2D eigenvalue weighted by molar-refractivity contribution is 0.183. The Kier molecular flexibility index (Phi) is 4.52. The van der Waals surface area contributed by atoms with Crippen molar-refractivity contribution >= 4 is 28.9 Å². The van der Waals surface area contributed by atoms with Crippen LogP contribution >= 0.6 is 23.2 Å². The minimum atomic E-state index is -0.356. The summed E-state index contributed by atoms with van der Waals surface area (Å²) in [4.78, 5) is 0. The predicted octanol–water partition coefficient (Wildman–Crippen LogP) is 3.18. The van der Waals surface area contributed by atoms with E-state index in [1.54, 1.807) is 18.2 Å². The van der Waals surface area contributed by atoms with E-state index in [0.717, 1.165) is 5.69 Å². The van der Waals surface area contributed by atoms with Gasteiger partial charge in [-0.3, -0.25) is 0 Å². The largest absolute Gasteiger partial charge is 0.391 e. The highest BCUT2D eigenvalue weighted by Gasteiger charge is 2.03. The van der Waals surface area contributed by atoms with Gasteiger partial charge in [-0.1, -0.05) is 30.1 Å². The number of aliphatic hydroxyl groups is 1. The van der Waals surface area contributed by atoms with E-state index in [4.69, 9.17) is 23.2 Å². The third-order valence-electron chi connectivity index (χ3n) is 1.93. The van der Waals surface area contributed by atoms with Gasteiger partial charge in [-0.25, -0.2) is 0 Å². The molecular weight excluding hydrogens is 221 g/mol. The van der Waals surface area contributed by atoms with Crippen molar-refractivity contribution < 1.29 is 5.11 Å². The van der Waals surface area contributed by atoms with E-state index in [0.29, 0.717) is 23.0 Å². The Morgan fingerprint density at radius 3 is 2.79 bits per heavy atom. The minimum absolute atomic E-state index is 0.356. The molecule has 0 saturated carbocycles. The normalized spacial score (nSPS) is 12.6. The number of aliphatic hydroxyl groups excluding tert-OH is 1. The highest BCUT2D eigenvalue weighted by molar-refractivity contribution is 6.35. The number of nitrogens with one attached hydrogen (secondary N) is 1. The van der Waals surface area contributed by atoms with Crippen molar-refractivity contribution in [2.45, 2.75) is 19.4 Å². The molecule has 0 radical (unpaired) electrons. The van der Waals surface area contributed by atoms with Crippen LogP contribution in [0.25, 0.3) is 0 Å². The fourth-order valence-corrected chi connectivity index (χ4v) is 1.36. The van der Waals surface area contributed by atoms with Gasteiger partial charge in [0.05, 0.1) is 16.8 Å². The van der Waals surface area contributed by atoms with Crippen LogP contribution in [0.15, 0.2) is 18.2 Å². The van der Waals surface area contributed by atoms with Crippen LogP contribution in [0.4, 0.5) is 5.69 Å². The first-order chi connectivity index (χ1) is 6.63. The van der Waals surface area contributed by atoms with Gasteiger partial charge in [0.1, 0.15) is 0 Å². The summed E-state index contributed by atoms with van der Waals surface area (Å²) in [5.41, 5.74) is 0.756. The molecule has 0 aromatic heterocycles. The minimum Gasteiger partial charge on any atom is -0.391 e. The molecule has 0 aliphatic heterocycles. The predicted molar refractivity (Wildman–Crippen MR) is 61.2 cm³/mol. The average Bonchev–Trinajstić information content (AvgIpc) is 2.19. The molecule has 2 N–H and O–H groups in total. The smallest absolute Gasteiger partial charge is 0.0709 e. The SMILES string of the molecule is CCC(O)CNc1cc(Cl)ccc1Cl. The zero-order chi connectivity index (χ0) is 10.6. The summed E-state index contributed by atoms with van der Waals surface area (Å²) in [6, 6.07) is 5.20. The maximum Gasteiger partial charge on any atom is 0.0709 e. The second-order valence-corrected chi connectivity index (χ2v) is 3.91.